The summed E-state index contributed by atoms with van der Waals surface area (Å²) in [5, 5.41) is 0.954. The number of benzene rings is 2. The standard InChI is InChI=1S/C23H25N3O3/c1-29-20-7-8-21-18(15-20)14-19(23(28)24-21)16-25-9-11-26(12-10-25)22(27)13-17-5-3-2-4-6-17/h2-8,14-15H,9-13,16H2,1H3,(H,24,28). The van der Waals surface area contributed by atoms with E-state index in [4.69, 9.17) is 4.74 Å². The Morgan fingerprint density at radius 1 is 1.03 bits per heavy atom. The smallest absolute Gasteiger partial charge is 0.252 e. The zero-order chi connectivity index (χ0) is 20.2. The van der Waals surface area contributed by atoms with Crippen molar-refractivity contribution in [2.24, 2.45) is 0 Å². The van der Waals surface area contributed by atoms with Crippen molar-refractivity contribution in [3.8, 4) is 5.75 Å². The summed E-state index contributed by atoms with van der Waals surface area (Å²) in [5.74, 6) is 0.924. The van der Waals surface area contributed by atoms with E-state index >= 15 is 0 Å². The number of methoxy groups -OCH3 is 1. The van der Waals surface area contributed by atoms with Crippen molar-refractivity contribution in [3.05, 3.63) is 76.1 Å². The number of nitrogens with one attached hydrogen (secondary N) is 1. The molecule has 3 aromatic rings. The second-order valence-electron chi connectivity index (χ2n) is 7.40. The van der Waals surface area contributed by atoms with Gasteiger partial charge in [-0.25, -0.2) is 0 Å². The Morgan fingerprint density at radius 2 is 1.79 bits per heavy atom. The summed E-state index contributed by atoms with van der Waals surface area (Å²) in [6.07, 6.45) is 0.438. The van der Waals surface area contributed by atoms with Crippen LogP contribution >= 0.6 is 0 Å². The number of fused-ring (bicyclic) bond motifs is 1. The minimum absolute atomic E-state index is 0.0646. The summed E-state index contributed by atoms with van der Waals surface area (Å²) in [7, 11) is 1.63. The second-order valence-corrected chi connectivity index (χ2v) is 7.40. The number of nitrogens with zero attached hydrogens (tertiary/aromatic N) is 2. The zero-order valence-corrected chi connectivity index (χ0v) is 16.6. The summed E-state index contributed by atoms with van der Waals surface area (Å²) in [6, 6.07) is 17.4. The molecule has 6 heteroatoms. The van der Waals surface area contributed by atoms with Crippen molar-refractivity contribution in [3.63, 3.8) is 0 Å². The minimum Gasteiger partial charge on any atom is -0.497 e. The quantitative estimate of drug-likeness (QED) is 0.726. The molecule has 0 radical (unpaired) electrons. The van der Waals surface area contributed by atoms with Crippen LogP contribution in [0.25, 0.3) is 10.9 Å². The van der Waals surface area contributed by atoms with Gasteiger partial charge in [0.15, 0.2) is 0 Å². The van der Waals surface area contributed by atoms with E-state index in [2.05, 4.69) is 9.88 Å². The van der Waals surface area contributed by atoms with Crippen LogP contribution in [0.3, 0.4) is 0 Å². The van der Waals surface area contributed by atoms with Crippen LogP contribution in [-0.2, 0) is 17.8 Å². The first-order chi connectivity index (χ1) is 14.1. The maximum absolute atomic E-state index is 12.5. The van der Waals surface area contributed by atoms with Gasteiger partial charge in [0.1, 0.15) is 5.75 Å². The molecule has 1 aliphatic heterocycles. The topological polar surface area (TPSA) is 65.6 Å². The number of carbonyl (C=O) groups is 1. The van der Waals surface area contributed by atoms with E-state index in [0.29, 0.717) is 26.1 Å². The highest BCUT2D eigenvalue weighted by atomic mass is 16.5. The molecular formula is C23H25N3O3. The fourth-order valence-corrected chi connectivity index (χ4v) is 3.75. The first-order valence-electron chi connectivity index (χ1n) is 9.86. The van der Waals surface area contributed by atoms with Gasteiger partial charge in [-0.1, -0.05) is 30.3 Å². The van der Waals surface area contributed by atoms with Crippen molar-refractivity contribution in [2.45, 2.75) is 13.0 Å². The molecule has 1 N–H and O–H groups in total. The molecule has 29 heavy (non-hydrogen) atoms. The lowest BCUT2D eigenvalue weighted by Crippen LogP contribution is -2.49. The molecule has 0 unspecified atom stereocenters. The second kappa shape index (κ2) is 8.49. The van der Waals surface area contributed by atoms with E-state index in [9.17, 15) is 9.59 Å². The number of carbonyl (C=O) groups excluding carboxylic acids is 1. The van der Waals surface area contributed by atoms with Crippen molar-refractivity contribution in [1.82, 2.24) is 14.8 Å². The molecule has 2 heterocycles. The van der Waals surface area contributed by atoms with Crippen molar-refractivity contribution < 1.29 is 9.53 Å². The SMILES string of the molecule is COc1ccc2[nH]c(=O)c(CN3CCN(C(=O)Cc4ccccc4)CC3)cc2c1. The van der Waals surface area contributed by atoms with E-state index in [0.717, 1.165) is 40.9 Å². The van der Waals surface area contributed by atoms with Crippen molar-refractivity contribution >= 4 is 16.8 Å². The van der Waals surface area contributed by atoms with Gasteiger partial charge in [-0.15, -0.1) is 0 Å². The molecule has 6 nitrogen and oxygen atoms in total. The Labute approximate surface area is 169 Å². The third-order valence-corrected chi connectivity index (χ3v) is 5.45. The van der Waals surface area contributed by atoms with Gasteiger partial charge in [-0.2, -0.15) is 0 Å². The Bertz CT molecular complexity index is 1050. The molecule has 0 spiro atoms. The monoisotopic (exact) mass is 391 g/mol. The van der Waals surface area contributed by atoms with Gasteiger partial charge in [0.05, 0.1) is 13.5 Å². The van der Waals surface area contributed by atoms with Gasteiger partial charge in [0.2, 0.25) is 5.91 Å². The van der Waals surface area contributed by atoms with Crippen LogP contribution < -0.4 is 10.3 Å². The van der Waals surface area contributed by atoms with E-state index in [1.54, 1.807) is 7.11 Å². The predicted octanol–water partition coefficient (Wildman–Crippen LogP) is 2.42. The van der Waals surface area contributed by atoms with Crippen LogP contribution in [0.1, 0.15) is 11.1 Å². The molecule has 0 atom stereocenters. The van der Waals surface area contributed by atoms with Crippen molar-refractivity contribution in [1.29, 1.82) is 0 Å². The Morgan fingerprint density at radius 3 is 2.52 bits per heavy atom. The molecule has 4 rings (SSSR count). The maximum atomic E-state index is 12.5. The lowest BCUT2D eigenvalue weighted by Gasteiger charge is -2.34. The third-order valence-electron chi connectivity index (χ3n) is 5.45. The lowest BCUT2D eigenvalue weighted by molar-refractivity contribution is -0.132. The lowest BCUT2D eigenvalue weighted by atomic mass is 10.1. The Hall–Kier alpha value is -3.12. The summed E-state index contributed by atoms with van der Waals surface area (Å²) < 4.78 is 5.28. The van der Waals surface area contributed by atoms with Crippen LogP contribution in [0.2, 0.25) is 0 Å². The van der Waals surface area contributed by atoms with Crippen LogP contribution in [0, 0.1) is 0 Å². The minimum atomic E-state index is -0.0646. The number of piperazine rings is 1. The van der Waals surface area contributed by atoms with E-state index in [1.807, 2.05) is 59.5 Å². The molecule has 1 saturated heterocycles. The molecule has 2 aromatic carbocycles. The van der Waals surface area contributed by atoms with Crippen LogP contribution in [-0.4, -0.2) is 54.0 Å². The average molecular weight is 391 g/mol. The Kier molecular flexibility index (Phi) is 5.62. The van der Waals surface area contributed by atoms with E-state index < -0.39 is 0 Å². The van der Waals surface area contributed by atoms with Gasteiger partial charge in [0, 0.05) is 49.2 Å². The van der Waals surface area contributed by atoms with Crippen LogP contribution in [0.5, 0.6) is 5.75 Å². The normalized spacial score (nSPS) is 14.9. The first-order valence-corrected chi connectivity index (χ1v) is 9.86. The number of pyridine rings is 1. The molecule has 1 fully saturated rings. The predicted molar refractivity (Wildman–Crippen MR) is 113 cm³/mol. The summed E-state index contributed by atoms with van der Waals surface area (Å²) in [4.78, 5) is 32.1. The summed E-state index contributed by atoms with van der Waals surface area (Å²) >= 11 is 0. The molecule has 1 amide bonds. The first kappa shape index (κ1) is 19.2. The van der Waals surface area contributed by atoms with E-state index in [-0.39, 0.29) is 11.5 Å². The summed E-state index contributed by atoms with van der Waals surface area (Å²) in [5.41, 5.74) is 2.51. The van der Waals surface area contributed by atoms with Crippen molar-refractivity contribution in [2.75, 3.05) is 33.3 Å². The fraction of sp³-hybridized carbons (Fsp3) is 0.304. The van der Waals surface area contributed by atoms with Crippen LogP contribution in [0.15, 0.2) is 59.4 Å². The van der Waals surface area contributed by atoms with Gasteiger partial charge in [0.25, 0.3) is 5.56 Å². The third kappa shape index (κ3) is 4.49. The molecule has 0 bridgehead atoms. The highest BCUT2D eigenvalue weighted by Crippen LogP contribution is 2.19. The van der Waals surface area contributed by atoms with Gasteiger partial charge in [-0.3, -0.25) is 14.5 Å². The van der Waals surface area contributed by atoms with Gasteiger partial charge in [-0.05, 0) is 29.8 Å². The average Bonchev–Trinajstić information content (AvgIpc) is 2.75. The highest BCUT2D eigenvalue weighted by molar-refractivity contribution is 5.80. The number of hydrogen-bond donors (Lipinski definition) is 1. The van der Waals surface area contributed by atoms with E-state index in [1.165, 1.54) is 0 Å². The van der Waals surface area contributed by atoms with Crippen LogP contribution in [0.4, 0.5) is 0 Å². The van der Waals surface area contributed by atoms with Gasteiger partial charge < -0.3 is 14.6 Å². The number of ether oxygens (including phenoxy) is 1. The molecule has 1 aromatic heterocycles. The summed E-state index contributed by atoms with van der Waals surface area (Å²) in [6.45, 7) is 3.46. The Balaban J connectivity index is 1.38. The number of hydrogen-bond acceptors (Lipinski definition) is 4. The molecular weight excluding hydrogens is 366 g/mol. The number of aromatic amines is 1. The molecule has 150 valence electrons. The maximum Gasteiger partial charge on any atom is 0.252 e. The number of amides is 1. The zero-order valence-electron chi connectivity index (χ0n) is 16.6. The number of H-pyrrole nitrogens is 1. The largest absolute Gasteiger partial charge is 0.497 e. The highest BCUT2D eigenvalue weighted by Gasteiger charge is 2.22. The molecule has 0 aliphatic carbocycles. The number of rotatable bonds is 5. The fourth-order valence-electron chi connectivity index (χ4n) is 3.75. The number of aromatic nitrogens is 1. The molecule has 1 aliphatic rings. The van der Waals surface area contributed by atoms with Gasteiger partial charge >= 0.3 is 0 Å². The molecule has 0 saturated carbocycles.